The van der Waals surface area contributed by atoms with E-state index in [2.05, 4.69) is 10.3 Å². The molecule has 3 aromatic rings. The fourth-order valence-electron chi connectivity index (χ4n) is 2.31. The smallest absolute Gasteiger partial charge is 0.266 e. The largest absolute Gasteiger partial charge is 0.287 e. The maximum Gasteiger partial charge on any atom is 0.287 e. The molecule has 0 radical (unpaired) electrons. The Morgan fingerprint density at radius 3 is 2.56 bits per heavy atom. The lowest BCUT2D eigenvalue weighted by atomic mass is 10.2. The molecule has 140 valence electrons. The lowest BCUT2D eigenvalue weighted by Gasteiger charge is -2.08. The molecule has 2 aromatic carbocycles. The fraction of sp³-hybridized carbons (Fsp3) is 0.0625. The van der Waals surface area contributed by atoms with Crippen molar-refractivity contribution in [1.29, 1.82) is 0 Å². The summed E-state index contributed by atoms with van der Waals surface area (Å²) in [6, 6.07) is 9.55. The van der Waals surface area contributed by atoms with Crippen LogP contribution in [-0.4, -0.2) is 29.3 Å². The van der Waals surface area contributed by atoms with Crippen molar-refractivity contribution in [2.75, 3.05) is 0 Å². The molecular weight excluding hydrogens is 418 g/mol. The van der Waals surface area contributed by atoms with Crippen molar-refractivity contribution in [3.8, 4) is 5.69 Å². The van der Waals surface area contributed by atoms with Gasteiger partial charge >= 0.3 is 0 Å². The lowest BCUT2D eigenvalue weighted by molar-refractivity contribution is 0.0976. The van der Waals surface area contributed by atoms with Gasteiger partial charge in [0.05, 0.1) is 10.7 Å². The van der Waals surface area contributed by atoms with Crippen LogP contribution in [0.1, 0.15) is 16.2 Å². The number of aromatic nitrogens is 3. The van der Waals surface area contributed by atoms with E-state index >= 15 is 0 Å². The van der Waals surface area contributed by atoms with Crippen molar-refractivity contribution in [2.24, 2.45) is 0 Å². The van der Waals surface area contributed by atoms with E-state index in [4.69, 9.17) is 23.2 Å². The van der Waals surface area contributed by atoms with Gasteiger partial charge in [0.15, 0.2) is 5.69 Å². The van der Waals surface area contributed by atoms with E-state index < -0.39 is 21.7 Å². The summed E-state index contributed by atoms with van der Waals surface area (Å²) in [6.45, 7) is 1.45. The summed E-state index contributed by atoms with van der Waals surface area (Å²) in [5.74, 6) is -1.70. The number of sulfonamides is 1. The van der Waals surface area contributed by atoms with Gasteiger partial charge < -0.3 is 0 Å². The summed E-state index contributed by atoms with van der Waals surface area (Å²) in [7, 11) is -4.22. The molecule has 11 heteroatoms. The number of carbonyl (C=O) groups is 1. The van der Waals surface area contributed by atoms with Gasteiger partial charge in [0, 0.05) is 5.02 Å². The predicted octanol–water partition coefficient (Wildman–Crippen LogP) is 3.14. The lowest BCUT2D eigenvalue weighted by Crippen LogP contribution is -2.31. The third kappa shape index (κ3) is 3.80. The average Bonchev–Trinajstić information content (AvgIpc) is 2.96. The summed E-state index contributed by atoms with van der Waals surface area (Å²) >= 11 is 11.6. The summed E-state index contributed by atoms with van der Waals surface area (Å²) in [4.78, 5) is 12.1. The molecule has 7 nitrogen and oxygen atoms in total. The first-order chi connectivity index (χ1) is 12.7. The SMILES string of the molecule is Cc1c(C(=O)NS(=O)(=O)c2ccccc2Cl)nnn1-c1ccc(Cl)cc1F. The zero-order valence-corrected chi connectivity index (χ0v) is 16.0. The Labute approximate surface area is 163 Å². The topological polar surface area (TPSA) is 93.9 Å². The summed E-state index contributed by atoms with van der Waals surface area (Å²) < 4.78 is 41.8. The molecule has 1 heterocycles. The fourth-order valence-corrected chi connectivity index (χ4v) is 3.94. The summed E-state index contributed by atoms with van der Waals surface area (Å²) in [5.41, 5.74) is -0.125. The van der Waals surface area contributed by atoms with Crippen molar-refractivity contribution < 1.29 is 17.6 Å². The van der Waals surface area contributed by atoms with Crippen molar-refractivity contribution in [3.05, 3.63) is 69.7 Å². The Balaban J connectivity index is 1.93. The first-order valence-electron chi connectivity index (χ1n) is 7.40. The standard InChI is InChI=1S/C16H11Cl2FN4O3S/c1-9-15(20-22-23(9)13-7-6-10(17)8-12(13)19)16(24)21-27(25,26)14-5-3-2-4-11(14)18/h2-8H,1H3,(H,21,24). The second-order valence-corrected chi connectivity index (χ2v) is 7.89. The number of hydrogen-bond acceptors (Lipinski definition) is 5. The molecule has 3 rings (SSSR count). The molecule has 0 aliphatic carbocycles. The molecule has 0 aliphatic heterocycles. The molecule has 1 amide bonds. The quantitative estimate of drug-likeness (QED) is 0.688. The predicted molar refractivity (Wildman–Crippen MR) is 97.2 cm³/mol. The molecule has 0 saturated carbocycles. The average molecular weight is 429 g/mol. The van der Waals surface area contributed by atoms with Crippen LogP contribution in [0.25, 0.3) is 5.69 Å². The molecule has 27 heavy (non-hydrogen) atoms. The van der Waals surface area contributed by atoms with Gasteiger partial charge in [-0.3, -0.25) is 4.79 Å². The van der Waals surface area contributed by atoms with Crippen LogP contribution in [0.15, 0.2) is 47.4 Å². The highest BCUT2D eigenvalue weighted by Crippen LogP contribution is 2.22. The third-order valence-electron chi connectivity index (χ3n) is 3.60. The molecule has 0 aliphatic rings. The molecule has 0 saturated heterocycles. The van der Waals surface area contributed by atoms with Gasteiger partial charge in [0.2, 0.25) is 0 Å². The van der Waals surface area contributed by atoms with Crippen LogP contribution in [0.4, 0.5) is 4.39 Å². The van der Waals surface area contributed by atoms with Crippen LogP contribution in [0.3, 0.4) is 0 Å². The van der Waals surface area contributed by atoms with Gasteiger partial charge in [0.25, 0.3) is 15.9 Å². The Bertz CT molecular complexity index is 1150. The number of amides is 1. The highest BCUT2D eigenvalue weighted by Gasteiger charge is 2.25. The summed E-state index contributed by atoms with van der Waals surface area (Å²) in [6.07, 6.45) is 0. The molecule has 0 atom stereocenters. The van der Waals surface area contributed by atoms with Crippen molar-refractivity contribution in [1.82, 2.24) is 19.7 Å². The zero-order valence-electron chi connectivity index (χ0n) is 13.6. The number of nitrogens with zero attached hydrogens (tertiary/aromatic N) is 3. The molecule has 0 unspecified atom stereocenters. The number of rotatable bonds is 4. The molecule has 0 bridgehead atoms. The second-order valence-electron chi connectivity index (χ2n) is 5.40. The van der Waals surface area contributed by atoms with Crippen LogP contribution in [0.2, 0.25) is 10.0 Å². The van der Waals surface area contributed by atoms with E-state index in [1.54, 1.807) is 6.07 Å². The van der Waals surface area contributed by atoms with Gasteiger partial charge in [0.1, 0.15) is 16.4 Å². The van der Waals surface area contributed by atoms with Gasteiger partial charge in [-0.25, -0.2) is 22.2 Å². The maximum atomic E-state index is 14.1. The molecule has 1 N–H and O–H groups in total. The number of carbonyl (C=O) groups excluding carboxylic acids is 1. The minimum atomic E-state index is -4.22. The highest BCUT2D eigenvalue weighted by molar-refractivity contribution is 7.90. The summed E-state index contributed by atoms with van der Waals surface area (Å²) in [5, 5.41) is 7.53. The number of hydrogen-bond donors (Lipinski definition) is 1. The van der Waals surface area contributed by atoms with E-state index in [0.717, 1.165) is 10.7 Å². The minimum Gasteiger partial charge on any atom is -0.266 e. The molecule has 0 fully saturated rings. The number of nitrogens with one attached hydrogen (secondary N) is 1. The van der Waals surface area contributed by atoms with E-state index in [-0.39, 0.29) is 32.0 Å². The van der Waals surface area contributed by atoms with Crippen molar-refractivity contribution >= 4 is 39.1 Å². The third-order valence-corrected chi connectivity index (χ3v) is 5.67. The monoisotopic (exact) mass is 428 g/mol. The minimum absolute atomic E-state index is 0.0115. The molecular formula is C16H11Cl2FN4O3S. The van der Waals surface area contributed by atoms with Gasteiger partial charge in [-0.05, 0) is 37.3 Å². The first-order valence-corrected chi connectivity index (χ1v) is 9.64. The van der Waals surface area contributed by atoms with Crippen LogP contribution in [0, 0.1) is 12.7 Å². The normalized spacial score (nSPS) is 11.4. The van der Waals surface area contributed by atoms with E-state index in [0.29, 0.717) is 0 Å². The first kappa shape index (κ1) is 19.3. The van der Waals surface area contributed by atoms with Gasteiger partial charge in [-0.1, -0.05) is 40.5 Å². The van der Waals surface area contributed by atoms with Crippen molar-refractivity contribution in [3.63, 3.8) is 0 Å². The van der Waals surface area contributed by atoms with Crippen LogP contribution >= 0.6 is 23.2 Å². The Kier molecular flexibility index (Phi) is 5.18. The molecule has 1 aromatic heterocycles. The van der Waals surface area contributed by atoms with Crippen LogP contribution in [-0.2, 0) is 10.0 Å². The Morgan fingerprint density at radius 2 is 1.89 bits per heavy atom. The van der Waals surface area contributed by atoms with Crippen molar-refractivity contribution in [2.45, 2.75) is 11.8 Å². The Hall–Kier alpha value is -2.49. The zero-order chi connectivity index (χ0) is 19.8. The van der Waals surface area contributed by atoms with Crippen LogP contribution < -0.4 is 4.72 Å². The van der Waals surface area contributed by atoms with Gasteiger partial charge in [-0.15, -0.1) is 5.10 Å². The highest BCUT2D eigenvalue weighted by atomic mass is 35.5. The van der Waals surface area contributed by atoms with E-state index in [1.807, 2.05) is 4.72 Å². The number of benzene rings is 2. The second kappa shape index (κ2) is 7.26. The van der Waals surface area contributed by atoms with Gasteiger partial charge in [-0.2, -0.15) is 0 Å². The molecule has 0 spiro atoms. The van der Waals surface area contributed by atoms with E-state index in [1.165, 1.54) is 37.3 Å². The number of halogens is 3. The Morgan fingerprint density at radius 1 is 1.19 bits per heavy atom. The van der Waals surface area contributed by atoms with Crippen LogP contribution in [0.5, 0.6) is 0 Å². The maximum absolute atomic E-state index is 14.1. The van der Waals surface area contributed by atoms with E-state index in [9.17, 15) is 17.6 Å².